The largest absolute Gasteiger partial charge is 0.426 e. The van der Waals surface area contributed by atoms with E-state index in [2.05, 4.69) is 0 Å². The third-order valence-corrected chi connectivity index (χ3v) is 3.55. The maximum absolute atomic E-state index is 11.5. The predicted octanol–water partition coefficient (Wildman–Crippen LogP) is 4.36. The van der Waals surface area contributed by atoms with Gasteiger partial charge < -0.3 is 9.47 Å². The maximum Gasteiger partial charge on any atom is 0.308 e. The molecule has 0 unspecified atom stereocenters. The Morgan fingerprint density at radius 3 is 1.88 bits per heavy atom. The first-order valence-corrected chi connectivity index (χ1v) is 7.54. The molecule has 0 amide bonds. The number of benzene rings is 3. The topological polar surface area (TPSA) is 52.6 Å². The fourth-order valence-corrected chi connectivity index (χ4v) is 2.70. The minimum Gasteiger partial charge on any atom is -0.426 e. The van der Waals surface area contributed by atoms with Crippen molar-refractivity contribution >= 4 is 22.7 Å². The fraction of sp³-hybridized carbons (Fsp3) is 0.100. The van der Waals surface area contributed by atoms with Gasteiger partial charge >= 0.3 is 11.9 Å². The number of fused-ring (bicyclic) bond motifs is 1. The highest BCUT2D eigenvalue weighted by atomic mass is 16.5. The Morgan fingerprint density at radius 1 is 0.708 bits per heavy atom. The lowest BCUT2D eigenvalue weighted by molar-refractivity contribution is -0.132. The Hall–Kier alpha value is -3.14. The van der Waals surface area contributed by atoms with Crippen LogP contribution in [0.5, 0.6) is 11.5 Å². The van der Waals surface area contributed by atoms with Gasteiger partial charge in [-0.1, -0.05) is 48.5 Å². The van der Waals surface area contributed by atoms with E-state index in [4.69, 9.17) is 9.47 Å². The van der Waals surface area contributed by atoms with Gasteiger partial charge in [0.15, 0.2) is 0 Å². The summed E-state index contributed by atoms with van der Waals surface area (Å²) in [5.74, 6) is -0.150. The molecule has 3 rings (SSSR count). The van der Waals surface area contributed by atoms with Crippen LogP contribution in [0.2, 0.25) is 0 Å². The van der Waals surface area contributed by atoms with Crippen LogP contribution in [0.25, 0.3) is 21.9 Å². The van der Waals surface area contributed by atoms with Gasteiger partial charge in [0.05, 0.1) is 5.56 Å². The van der Waals surface area contributed by atoms with E-state index in [9.17, 15) is 9.59 Å². The highest BCUT2D eigenvalue weighted by molar-refractivity contribution is 6.00. The summed E-state index contributed by atoms with van der Waals surface area (Å²) < 4.78 is 10.7. The molecule has 0 atom stereocenters. The molecule has 4 nitrogen and oxygen atoms in total. The molecular formula is C20H16O4. The van der Waals surface area contributed by atoms with Gasteiger partial charge in [-0.05, 0) is 28.5 Å². The van der Waals surface area contributed by atoms with Crippen LogP contribution in [0, 0.1) is 0 Å². The van der Waals surface area contributed by atoms with Gasteiger partial charge in [-0.25, -0.2) is 0 Å². The van der Waals surface area contributed by atoms with Crippen molar-refractivity contribution in [3.63, 3.8) is 0 Å². The molecule has 0 saturated heterocycles. The Balaban J connectivity index is 2.30. The molecule has 0 spiro atoms. The van der Waals surface area contributed by atoms with Crippen molar-refractivity contribution < 1.29 is 19.1 Å². The van der Waals surface area contributed by atoms with Gasteiger partial charge in [-0.15, -0.1) is 0 Å². The Kier molecular flexibility index (Phi) is 4.29. The molecule has 0 fully saturated rings. The zero-order valence-electron chi connectivity index (χ0n) is 13.4. The summed E-state index contributed by atoms with van der Waals surface area (Å²) in [7, 11) is 0. The fourth-order valence-electron chi connectivity index (χ4n) is 2.70. The van der Waals surface area contributed by atoms with E-state index in [0.717, 1.165) is 16.3 Å². The number of carbonyl (C=O) groups excluding carboxylic acids is 2. The summed E-state index contributed by atoms with van der Waals surface area (Å²) in [4.78, 5) is 22.9. The molecule has 0 aliphatic rings. The number of ether oxygens (including phenoxy) is 2. The summed E-state index contributed by atoms with van der Waals surface area (Å²) >= 11 is 0. The molecule has 0 aliphatic heterocycles. The molecule has 0 N–H and O–H groups in total. The minimum absolute atomic E-state index is 0.359. The van der Waals surface area contributed by atoms with Crippen LogP contribution < -0.4 is 9.47 Å². The number of hydrogen-bond donors (Lipinski definition) is 0. The van der Waals surface area contributed by atoms with Crippen molar-refractivity contribution in [3.05, 3.63) is 60.7 Å². The SMILES string of the molecule is CC(=O)Oc1cccc(OC(C)=O)c1-c1cccc2ccccc12. The Labute approximate surface area is 139 Å². The van der Waals surface area contributed by atoms with Crippen molar-refractivity contribution in [1.82, 2.24) is 0 Å². The smallest absolute Gasteiger partial charge is 0.308 e. The summed E-state index contributed by atoms with van der Waals surface area (Å²) in [6.45, 7) is 2.68. The van der Waals surface area contributed by atoms with Gasteiger partial charge in [0.25, 0.3) is 0 Å². The van der Waals surface area contributed by atoms with E-state index in [1.54, 1.807) is 18.2 Å². The minimum atomic E-state index is -0.434. The lowest BCUT2D eigenvalue weighted by Gasteiger charge is -2.15. The second kappa shape index (κ2) is 6.54. The summed E-state index contributed by atoms with van der Waals surface area (Å²) in [6, 6.07) is 18.8. The molecule has 0 bridgehead atoms. The van der Waals surface area contributed by atoms with Gasteiger partial charge in [0, 0.05) is 13.8 Å². The summed E-state index contributed by atoms with van der Waals surface area (Å²) in [5.41, 5.74) is 1.42. The van der Waals surface area contributed by atoms with Crippen molar-refractivity contribution in [1.29, 1.82) is 0 Å². The van der Waals surface area contributed by atoms with E-state index in [1.165, 1.54) is 13.8 Å². The molecule has 0 aromatic heterocycles. The Bertz CT molecular complexity index is 888. The van der Waals surface area contributed by atoms with E-state index in [0.29, 0.717) is 17.1 Å². The van der Waals surface area contributed by atoms with E-state index >= 15 is 0 Å². The zero-order valence-corrected chi connectivity index (χ0v) is 13.4. The number of esters is 2. The van der Waals surface area contributed by atoms with Crippen LogP contribution in [0.3, 0.4) is 0 Å². The predicted molar refractivity (Wildman–Crippen MR) is 92.0 cm³/mol. The average molecular weight is 320 g/mol. The molecule has 3 aromatic carbocycles. The van der Waals surface area contributed by atoms with E-state index in [-0.39, 0.29) is 0 Å². The Morgan fingerprint density at radius 2 is 1.25 bits per heavy atom. The molecule has 4 heteroatoms. The van der Waals surface area contributed by atoms with Gasteiger partial charge in [-0.3, -0.25) is 9.59 Å². The third kappa shape index (κ3) is 3.13. The van der Waals surface area contributed by atoms with Crippen LogP contribution in [0.1, 0.15) is 13.8 Å². The van der Waals surface area contributed by atoms with Crippen LogP contribution in [0.4, 0.5) is 0 Å². The maximum atomic E-state index is 11.5. The normalized spacial score (nSPS) is 10.4. The molecule has 120 valence electrons. The monoisotopic (exact) mass is 320 g/mol. The highest BCUT2D eigenvalue weighted by Crippen LogP contribution is 2.41. The van der Waals surface area contributed by atoms with Gasteiger partial charge in [0.2, 0.25) is 0 Å². The molecule has 24 heavy (non-hydrogen) atoms. The first-order valence-electron chi connectivity index (χ1n) is 7.54. The van der Waals surface area contributed by atoms with Gasteiger partial charge in [-0.2, -0.15) is 0 Å². The lowest BCUT2D eigenvalue weighted by atomic mass is 9.97. The number of hydrogen-bond acceptors (Lipinski definition) is 4. The summed E-state index contributed by atoms with van der Waals surface area (Å²) in [6.07, 6.45) is 0. The van der Waals surface area contributed by atoms with E-state index < -0.39 is 11.9 Å². The van der Waals surface area contributed by atoms with Crippen LogP contribution >= 0.6 is 0 Å². The summed E-state index contributed by atoms with van der Waals surface area (Å²) in [5, 5.41) is 2.02. The van der Waals surface area contributed by atoms with Gasteiger partial charge in [0.1, 0.15) is 11.5 Å². The quantitative estimate of drug-likeness (QED) is 0.531. The number of carbonyl (C=O) groups is 2. The highest BCUT2D eigenvalue weighted by Gasteiger charge is 2.18. The lowest BCUT2D eigenvalue weighted by Crippen LogP contribution is -2.06. The van der Waals surface area contributed by atoms with Crippen molar-refractivity contribution in [3.8, 4) is 22.6 Å². The van der Waals surface area contributed by atoms with Crippen molar-refractivity contribution in [2.75, 3.05) is 0 Å². The van der Waals surface area contributed by atoms with Crippen LogP contribution in [0.15, 0.2) is 60.7 Å². The van der Waals surface area contributed by atoms with Crippen LogP contribution in [-0.2, 0) is 9.59 Å². The molecule has 0 aliphatic carbocycles. The molecular weight excluding hydrogens is 304 g/mol. The van der Waals surface area contributed by atoms with Crippen molar-refractivity contribution in [2.45, 2.75) is 13.8 Å². The molecule has 0 heterocycles. The zero-order chi connectivity index (χ0) is 17.1. The average Bonchev–Trinajstić information content (AvgIpc) is 2.54. The number of rotatable bonds is 3. The molecule has 0 radical (unpaired) electrons. The molecule has 0 saturated carbocycles. The van der Waals surface area contributed by atoms with Crippen LogP contribution in [-0.4, -0.2) is 11.9 Å². The standard InChI is InChI=1S/C20H16O4/c1-13(21)23-18-11-6-12-19(24-14(2)22)20(18)17-10-5-8-15-7-3-4-9-16(15)17/h3-12H,1-2H3. The second-order valence-electron chi connectivity index (χ2n) is 5.34. The third-order valence-electron chi connectivity index (χ3n) is 3.55. The first kappa shape index (κ1) is 15.7. The second-order valence-corrected chi connectivity index (χ2v) is 5.34. The van der Waals surface area contributed by atoms with E-state index in [1.807, 2.05) is 42.5 Å². The first-order chi connectivity index (χ1) is 11.6. The van der Waals surface area contributed by atoms with Crippen molar-refractivity contribution in [2.24, 2.45) is 0 Å². The molecule has 3 aromatic rings.